The summed E-state index contributed by atoms with van der Waals surface area (Å²) in [4.78, 5) is 18.6. The average Bonchev–Trinajstić information content (AvgIpc) is 2.76. The van der Waals surface area contributed by atoms with E-state index in [0.717, 1.165) is 0 Å². The fourth-order valence-corrected chi connectivity index (χ4v) is 2.67. The molecular weight excluding hydrogens is 302 g/mol. The van der Waals surface area contributed by atoms with Crippen molar-refractivity contribution in [3.8, 4) is 6.07 Å². The van der Waals surface area contributed by atoms with E-state index >= 15 is 0 Å². The van der Waals surface area contributed by atoms with Crippen molar-refractivity contribution in [3.05, 3.63) is 0 Å². The summed E-state index contributed by atoms with van der Waals surface area (Å²) in [6.45, 7) is 5.68. The Morgan fingerprint density at radius 2 is 2.33 bits per heavy atom. The van der Waals surface area contributed by atoms with Gasteiger partial charge in [-0.2, -0.15) is 5.26 Å². The molecule has 3 unspecified atom stereocenters. The van der Waals surface area contributed by atoms with E-state index in [0.29, 0.717) is 11.2 Å². The number of carbonyl (C=O) groups excluding carboxylic acids is 1. The molecule has 2 aliphatic rings. The average molecular weight is 316 g/mol. The molecule has 0 saturated carbocycles. The molecule has 0 aliphatic carbocycles. The van der Waals surface area contributed by atoms with Crippen LogP contribution >= 0.6 is 15.9 Å². The van der Waals surface area contributed by atoms with E-state index in [-0.39, 0.29) is 12.0 Å². The van der Waals surface area contributed by atoms with Crippen LogP contribution < -0.4 is 0 Å². The fourth-order valence-electron chi connectivity index (χ4n) is 2.04. The first-order valence-electron chi connectivity index (χ1n) is 5.62. The van der Waals surface area contributed by atoms with Gasteiger partial charge in [-0.25, -0.2) is 4.79 Å². The molecule has 0 N–H and O–H groups in total. The van der Waals surface area contributed by atoms with Gasteiger partial charge in [0.2, 0.25) is 0 Å². The first-order chi connectivity index (χ1) is 8.33. The molecule has 0 aromatic carbocycles. The van der Waals surface area contributed by atoms with Crippen LogP contribution in [-0.2, 0) is 9.57 Å². The highest BCUT2D eigenvalue weighted by Crippen LogP contribution is 2.35. The minimum absolute atomic E-state index is 0.220. The van der Waals surface area contributed by atoms with Crippen LogP contribution in [0.1, 0.15) is 20.8 Å². The normalized spacial score (nSPS) is 30.3. The highest BCUT2D eigenvalue weighted by molar-refractivity contribution is 9.18. The van der Waals surface area contributed by atoms with E-state index in [2.05, 4.69) is 27.2 Å². The maximum absolute atomic E-state index is 12.0. The number of hydrogen-bond acceptors (Lipinski definition) is 5. The van der Waals surface area contributed by atoms with E-state index < -0.39 is 17.7 Å². The Balaban J connectivity index is 2.14. The number of amides is 1. The van der Waals surface area contributed by atoms with Crippen molar-refractivity contribution < 1.29 is 14.4 Å². The lowest BCUT2D eigenvalue weighted by Gasteiger charge is -2.26. The highest BCUT2D eigenvalue weighted by atomic mass is 79.9. The largest absolute Gasteiger partial charge is 0.444 e. The zero-order valence-electron chi connectivity index (χ0n) is 10.4. The first-order valence-corrected chi connectivity index (χ1v) is 6.41. The molecule has 0 aromatic heterocycles. The van der Waals surface area contributed by atoms with Crippen molar-refractivity contribution >= 4 is 26.6 Å². The second-order valence-electron chi connectivity index (χ2n) is 5.29. The Kier molecular flexibility index (Phi) is 3.23. The lowest BCUT2D eigenvalue weighted by molar-refractivity contribution is 0.0202. The second-order valence-corrected chi connectivity index (χ2v) is 6.10. The van der Waals surface area contributed by atoms with Crippen LogP contribution in [0.4, 0.5) is 4.79 Å². The smallest absolute Gasteiger partial charge is 0.411 e. The summed E-state index contributed by atoms with van der Waals surface area (Å²) in [7, 11) is 0. The zero-order chi connectivity index (χ0) is 13.5. The Morgan fingerprint density at radius 1 is 1.67 bits per heavy atom. The van der Waals surface area contributed by atoms with E-state index in [4.69, 9.17) is 9.57 Å². The third kappa shape index (κ3) is 2.29. The van der Waals surface area contributed by atoms with Crippen molar-refractivity contribution in [2.45, 2.75) is 38.5 Å². The molecule has 7 heteroatoms. The summed E-state index contributed by atoms with van der Waals surface area (Å²) in [5.41, 5.74) is -0.582. The van der Waals surface area contributed by atoms with Gasteiger partial charge in [0.05, 0.1) is 18.5 Å². The molecule has 0 bridgehead atoms. The zero-order valence-corrected chi connectivity index (χ0v) is 12.0. The standard InChI is InChI=1S/C11H14BrN3O3/c1-11(2,3)17-10(16)15-5-7-8(6(15)4-13)9(12)14-18-7/h6-8H,5H2,1-3H3. The predicted octanol–water partition coefficient (Wildman–Crippen LogP) is 1.85. The maximum Gasteiger partial charge on any atom is 0.411 e. The number of nitriles is 1. The van der Waals surface area contributed by atoms with Crippen LogP contribution in [0.5, 0.6) is 0 Å². The second kappa shape index (κ2) is 4.43. The van der Waals surface area contributed by atoms with Gasteiger partial charge in [-0.3, -0.25) is 4.90 Å². The molecule has 2 heterocycles. The highest BCUT2D eigenvalue weighted by Gasteiger charge is 2.52. The van der Waals surface area contributed by atoms with E-state index in [1.165, 1.54) is 4.90 Å². The van der Waals surface area contributed by atoms with Crippen LogP contribution in [0.25, 0.3) is 0 Å². The SMILES string of the molecule is CC(C)(C)OC(=O)N1CC2ON=C(Br)C2C1C#N. The molecule has 2 aliphatic heterocycles. The van der Waals surface area contributed by atoms with Crippen molar-refractivity contribution in [1.82, 2.24) is 4.90 Å². The summed E-state index contributed by atoms with van der Waals surface area (Å²) in [5.74, 6) is -0.220. The minimum Gasteiger partial charge on any atom is -0.444 e. The molecule has 2 rings (SSSR count). The summed E-state index contributed by atoms with van der Waals surface area (Å²) in [6, 6.07) is 1.51. The van der Waals surface area contributed by atoms with Gasteiger partial charge in [0.25, 0.3) is 0 Å². The Labute approximate surface area is 114 Å². The first kappa shape index (κ1) is 13.1. The molecule has 1 fully saturated rings. The van der Waals surface area contributed by atoms with Crippen molar-refractivity contribution in [3.63, 3.8) is 0 Å². The summed E-state index contributed by atoms with van der Waals surface area (Å²) in [5, 5.41) is 13.0. The van der Waals surface area contributed by atoms with Gasteiger partial charge in [0.1, 0.15) is 16.3 Å². The monoisotopic (exact) mass is 315 g/mol. The van der Waals surface area contributed by atoms with Gasteiger partial charge in [-0.15, -0.1) is 0 Å². The van der Waals surface area contributed by atoms with E-state index in [1.54, 1.807) is 20.8 Å². The number of ether oxygens (including phenoxy) is 1. The number of hydrogen-bond donors (Lipinski definition) is 0. The molecular formula is C11H14BrN3O3. The van der Waals surface area contributed by atoms with Gasteiger partial charge in [0, 0.05) is 0 Å². The predicted molar refractivity (Wildman–Crippen MR) is 67.1 cm³/mol. The van der Waals surface area contributed by atoms with Crippen LogP contribution in [0, 0.1) is 17.2 Å². The molecule has 1 saturated heterocycles. The Hall–Kier alpha value is -1.29. The lowest BCUT2D eigenvalue weighted by atomic mass is 10.0. The van der Waals surface area contributed by atoms with Crippen molar-refractivity contribution in [2.24, 2.45) is 11.1 Å². The van der Waals surface area contributed by atoms with Crippen molar-refractivity contribution in [1.29, 1.82) is 5.26 Å². The third-order valence-electron chi connectivity index (χ3n) is 2.76. The number of nitrogens with zero attached hydrogens (tertiary/aromatic N) is 3. The number of rotatable bonds is 0. The fraction of sp³-hybridized carbons (Fsp3) is 0.727. The Bertz CT molecular complexity index is 438. The molecule has 0 radical (unpaired) electrons. The van der Waals surface area contributed by atoms with Gasteiger partial charge >= 0.3 is 6.09 Å². The molecule has 0 spiro atoms. The van der Waals surface area contributed by atoms with Crippen molar-refractivity contribution in [2.75, 3.05) is 6.54 Å². The van der Waals surface area contributed by atoms with Gasteiger partial charge in [-0.1, -0.05) is 5.16 Å². The van der Waals surface area contributed by atoms with Crippen LogP contribution in [-0.4, -0.2) is 39.9 Å². The van der Waals surface area contributed by atoms with Gasteiger partial charge in [0.15, 0.2) is 6.10 Å². The van der Waals surface area contributed by atoms with E-state index in [1.807, 2.05) is 0 Å². The topological polar surface area (TPSA) is 74.9 Å². The van der Waals surface area contributed by atoms with Gasteiger partial charge in [-0.05, 0) is 36.7 Å². The van der Waals surface area contributed by atoms with E-state index in [9.17, 15) is 10.1 Å². The number of halogens is 1. The molecule has 3 atom stereocenters. The minimum atomic E-state index is -0.606. The molecule has 98 valence electrons. The molecule has 6 nitrogen and oxygen atoms in total. The summed E-state index contributed by atoms with van der Waals surface area (Å²) >= 11 is 3.26. The molecule has 1 amide bonds. The van der Waals surface area contributed by atoms with Crippen LogP contribution in [0.3, 0.4) is 0 Å². The molecule has 0 aromatic rings. The number of likely N-dealkylation sites (tertiary alicyclic amines) is 1. The number of carbonyl (C=O) groups is 1. The number of oxime groups is 1. The number of fused-ring (bicyclic) bond motifs is 1. The summed E-state index contributed by atoms with van der Waals surface area (Å²) in [6.07, 6.45) is -0.760. The molecule has 18 heavy (non-hydrogen) atoms. The quantitative estimate of drug-likeness (QED) is 0.683. The lowest BCUT2D eigenvalue weighted by Crippen LogP contribution is -2.41. The summed E-state index contributed by atoms with van der Waals surface area (Å²) < 4.78 is 5.85. The van der Waals surface area contributed by atoms with Crippen LogP contribution in [0.15, 0.2) is 5.16 Å². The Morgan fingerprint density at radius 3 is 2.89 bits per heavy atom. The maximum atomic E-state index is 12.0. The third-order valence-corrected chi connectivity index (χ3v) is 3.44. The van der Waals surface area contributed by atoms with Crippen LogP contribution in [0.2, 0.25) is 0 Å². The van der Waals surface area contributed by atoms with Gasteiger partial charge < -0.3 is 9.57 Å².